The molecule has 1 amide bonds. The standard InChI is InChI=1S/C19H19F3N4O/c1-11-5-15(19(21,22)9-20)25-17(6-11)26-10-18(3-4-18)13-8-23-16(7-14(13)26)24-12(2)27/h5-8H,3-4,9-10H2,1-2H3,(H,23,24,27). The summed E-state index contributed by atoms with van der Waals surface area (Å²) >= 11 is 0. The third-order valence-electron chi connectivity index (χ3n) is 5.14. The van der Waals surface area contributed by atoms with Crippen molar-refractivity contribution in [1.29, 1.82) is 0 Å². The highest BCUT2D eigenvalue weighted by Crippen LogP contribution is 2.58. The molecule has 0 radical (unpaired) electrons. The van der Waals surface area contributed by atoms with Gasteiger partial charge < -0.3 is 10.2 Å². The fraction of sp³-hybridized carbons (Fsp3) is 0.421. The van der Waals surface area contributed by atoms with Crippen LogP contribution in [0.3, 0.4) is 0 Å². The lowest BCUT2D eigenvalue weighted by Gasteiger charge is -2.22. The van der Waals surface area contributed by atoms with Crippen LogP contribution < -0.4 is 10.2 Å². The molecule has 0 bridgehead atoms. The van der Waals surface area contributed by atoms with Crippen LogP contribution in [0.25, 0.3) is 0 Å². The van der Waals surface area contributed by atoms with Crippen LogP contribution in [0.5, 0.6) is 0 Å². The Morgan fingerprint density at radius 2 is 2.07 bits per heavy atom. The molecule has 0 saturated heterocycles. The minimum Gasteiger partial charge on any atom is -0.325 e. The van der Waals surface area contributed by atoms with Gasteiger partial charge >= 0.3 is 5.92 Å². The highest BCUT2D eigenvalue weighted by molar-refractivity contribution is 5.89. The number of halogens is 3. The molecule has 0 aromatic carbocycles. The topological polar surface area (TPSA) is 58.1 Å². The molecule has 3 heterocycles. The van der Waals surface area contributed by atoms with Gasteiger partial charge in [0.15, 0.2) is 6.67 Å². The summed E-state index contributed by atoms with van der Waals surface area (Å²) in [6.07, 6.45) is 3.70. The van der Waals surface area contributed by atoms with Crippen molar-refractivity contribution < 1.29 is 18.0 Å². The lowest BCUT2D eigenvalue weighted by molar-refractivity contribution is -0.114. The van der Waals surface area contributed by atoms with Crippen LogP contribution in [-0.4, -0.2) is 29.1 Å². The second-order valence-corrected chi connectivity index (χ2v) is 7.36. The monoisotopic (exact) mass is 376 g/mol. The van der Waals surface area contributed by atoms with E-state index in [1.54, 1.807) is 25.3 Å². The predicted octanol–water partition coefficient (Wildman–Crippen LogP) is 3.99. The third-order valence-corrected chi connectivity index (χ3v) is 5.14. The van der Waals surface area contributed by atoms with Gasteiger partial charge in [-0.25, -0.2) is 14.4 Å². The molecule has 1 N–H and O–H groups in total. The van der Waals surface area contributed by atoms with Crippen LogP contribution in [0.2, 0.25) is 0 Å². The number of carbonyl (C=O) groups excluding carboxylic acids is 1. The van der Waals surface area contributed by atoms with E-state index in [9.17, 15) is 18.0 Å². The number of carbonyl (C=O) groups is 1. The summed E-state index contributed by atoms with van der Waals surface area (Å²) in [5.41, 5.74) is 1.77. The average Bonchev–Trinajstić information content (AvgIpc) is 3.31. The van der Waals surface area contributed by atoms with Gasteiger partial charge in [-0.1, -0.05) is 0 Å². The first-order valence-electron chi connectivity index (χ1n) is 8.73. The SMILES string of the molecule is CC(=O)Nc1cc2c(cn1)C1(CC1)CN2c1cc(C)cc(C(F)(F)CF)n1. The first-order chi connectivity index (χ1) is 12.7. The number of fused-ring (bicyclic) bond motifs is 2. The molecule has 8 heteroatoms. The summed E-state index contributed by atoms with van der Waals surface area (Å²) in [7, 11) is 0. The zero-order valence-corrected chi connectivity index (χ0v) is 15.0. The number of rotatable bonds is 4. The van der Waals surface area contributed by atoms with E-state index in [0.717, 1.165) is 24.1 Å². The molecular weight excluding hydrogens is 357 g/mol. The molecule has 5 nitrogen and oxygen atoms in total. The van der Waals surface area contributed by atoms with Crippen LogP contribution in [0.4, 0.5) is 30.5 Å². The Kier molecular flexibility index (Phi) is 3.90. The summed E-state index contributed by atoms with van der Waals surface area (Å²) < 4.78 is 40.6. The van der Waals surface area contributed by atoms with Gasteiger partial charge in [-0.05, 0) is 37.5 Å². The van der Waals surface area contributed by atoms with E-state index in [0.29, 0.717) is 23.7 Å². The Hall–Kier alpha value is -2.64. The number of nitrogens with zero attached hydrogens (tertiary/aromatic N) is 3. The molecule has 1 fully saturated rings. The van der Waals surface area contributed by atoms with Crippen LogP contribution in [0.1, 0.15) is 36.6 Å². The maximum Gasteiger partial charge on any atom is 0.317 e. The van der Waals surface area contributed by atoms with Gasteiger partial charge in [-0.15, -0.1) is 0 Å². The second-order valence-electron chi connectivity index (χ2n) is 7.36. The number of hydrogen-bond acceptors (Lipinski definition) is 4. The van der Waals surface area contributed by atoms with E-state index in [1.165, 1.54) is 13.0 Å². The van der Waals surface area contributed by atoms with Gasteiger partial charge in [-0.3, -0.25) is 4.79 Å². The van der Waals surface area contributed by atoms with Crippen molar-refractivity contribution in [3.05, 3.63) is 41.2 Å². The predicted molar refractivity (Wildman–Crippen MR) is 95.3 cm³/mol. The minimum atomic E-state index is -3.62. The van der Waals surface area contributed by atoms with Crippen molar-refractivity contribution in [2.75, 3.05) is 23.4 Å². The fourth-order valence-electron chi connectivity index (χ4n) is 3.62. The average molecular weight is 376 g/mol. The molecule has 4 rings (SSSR count). The summed E-state index contributed by atoms with van der Waals surface area (Å²) in [6.45, 7) is 1.88. The maximum absolute atomic E-state index is 13.9. The normalized spacial score (nSPS) is 17.1. The first kappa shape index (κ1) is 17.8. The first-order valence-corrected chi connectivity index (χ1v) is 8.73. The highest BCUT2D eigenvalue weighted by atomic mass is 19.3. The second kappa shape index (κ2) is 5.94. The van der Waals surface area contributed by atoms with Crippen molar-refractivity contribution in [3.8, 4) is 0 Å². The number of pyridine rings is 2. The molecule has 27 heavy (non-hydrogen) atoms. The molecule has 2 aromatic heterocycles. The van der Waals surface area contributed by atoms with E-state index in [4.69, 9.17) is 0 Å². The maximum atomic E-state index is 13.9. The Morgan fingerprint density at radius 1 is 1.33 bits per heavy atom. The van der Waals surface area contributed by atoms with Gasteiger partial charge in [0, 0.05) is 36.7 Å². The summed E-state index contributed by atoms with van der Waals surface area (Å²) in [6, 6.07) is 4.66. The quantitative estimate of drug-likeness (QED) is 0.877. The number of amides is 1. The van der Waals surface area contributed by atoms with Gasteiger partial charge in [-0.2, -0.15) is 8.78 Å². The van der Waals surface area contributed by atoms with Gasteiger partial charge in [0.25, 0.3) is 0 Å². The largest absolute Gasteiger partial charge is 0.325 e. The number of hydrogen-bond donors (Lipinski definition) is 1. The van der Waals surface area contributed by atoms with Crippen LogP contribution >= 0.6 is 0 Å². The molecule has 2 aliphatic rings. The number of nitrogens with one attached hydrogen (secondary N) is 1. The number of alkyl halides is 3. The number of anilines is 3. The van der Waals surface area contributed by atoms with Crippen LogP contribution in [0, 0.1) is 6.92 Å². The summed E-state index contributed by atoms with van der Waals surface area (Å²) in [5, 5.41) is 2.64. The van der Waals surface area contributed by atoms with Gasteiger partial charge in [0.05, 0.1) is 5.69 Å². The molecule has 142 valence electrons. The Balaban J connectivity index is 1.79. The van der Waals surface area contributed by atoms with E-state index in [-0.39, 0.29) is 11.3 Å². The van der Waals surface area contributed by atoms with E-state index in [2.05, 4.69) is 15.3 Å². The molecule has 1 spiro atoms. The van der Waals surface area contributed by atoms with Crippen LogP contribution in [-0.2, 0) is 16.1 Å². The molecule has 1 aliphatic carbocycles. The van der Waals surface area contributed by atoms with E-state index < -0.39 is 18.3 Å². The third kappa shape index (κ3) is 3.02. The van der Waals surface area contributed by atoms with Crippen molar-refractivity contribution in [3.63, 3.8) is 0 Å². The van der Waals surface area contributed by atoms with Crippen molar-refractivity contribution in [2.24, 2.45) is 0 Å². The fourth-order valence-corrected chi connectivity index (χ4v) is 3.62. The molecule has 0 atom stereocenters. The van der Waals surface area contributed by atoms with E-state index >= 15 is 0 Å². The number of aromatic nitrogens is 2. The van der Waals surface area contributed by atoms with E-state index in [1.807, 2.05) is 4.90 Å². The molecule has 2 aromatic rings. The van der Waals surface area contributed by atoms with Gasteiger partial charge in [0.1, 0.15) is 17.3 Å². The highest BCUT2D eigenvalue weighted by Gasteiger charge is 2.52. The molecule has 1 aliphatic heterocycles. The molecular formula is C19H19F3N4O. The smallest absolute Gasteiger partial charge is 0.317 e. The lowest BCUT2D eigenvalue weighted by atomic mass is 10.0. The molecule has 0 unspecified atom stereocenters. The Labute approximate surface area is 154 Å². The van der Waals surface area contributed by atoms with Crippen molar-refractivity contribution >= 4 is 23.2 Å². The lowest BCUT2D eigenvalue weighted by Crippen LogP contribution is -2.23. The Morgan fingerprint density at radius 3 is 2.70 bits per heavy atom. The number of aryl methyl sites for hydroxylation is 1. The zero-order chi connectivity index (χ0) is 19.4. The van der Waals surface area contributed by atoms with Gasteiger partial charge in [0.2, 0.25) is 5.91 Å². The zero-order valence-electron chi connectivity index (χ0n) is 15.0. The minimum absolute atomic E-state index is 0.0503. The molecule has 1 saturated carbocycles. The van der Waals surface area contributed by atoms with Crippen LogP contribution in [0.15, 0.2) is 24.4 Å². The van der Waals surface area contributed by atoms with Crippen molar-refractivity contribution in [2.45, 2.75) is 38.0 Å². The summed E-state index contributed by atoms with van der Waals surface area (Å²) in [5.74, 6) is -3.12. The van der Waals surface area contributed by atoms with Crippen molar-refractivity contribution in [1.82, 2.24) is 9.97 Å². The Bertz CT molecular complexity index is 927. The summed E-state index contributed by atoms with van der Waals surface area (Å²) in [4.78, 5) is 21.6.